The number of carbonyl (C=O) groups excluding carboxylic acids is 3. The van der Waals surface area contributed by atoms with Crippen molar-refractivity contribution in [2.75, 3.05) is 13.2 Å². The Kier molecular flexibility index (Phi) is 67.6. The van der Waals surface area contributed by atoms with Gasteiger partial charge in [-0.2, -0.15) is 0 Å². The van der Waals surface area contributed by atoms with Crippen molar-refractivity contribution in [1.29, 1.82) is 0 Å². The van der Waals surface area contributed by atoms with Crippen LogP contribution in [0, 0.1) is 0 Å². The maximum atomic E-state index is 12.9. The summed E-state index contributed by atoms with van der Waals surface area (Å²) in [7, 11) is 0. The molecule has 0 N–H and O–H groups in total. The average molecular weight is 1150 g/mol. The van der Waals surface area contributed by atoms with E-state index >= 15 is 0 Å². The van der Waals surface area contributed by atoms with E-state index in [4.69, 9.17) is 14.2 Å². The standard InChI is InChI=1S/C76H136O6/c1-4-7-10-13-16-19-22-24-26-28-30-32-34-35-36-37-38-39-40-41-43-44-46-48-50-52-54-57-60-63-66-69-75(78)81-72-73(71-80-74(77)68-65-62-59-56-21-18-15-12-9-6-3)82-76(79)70-67-64-61-58-55-53-51-49-47-45-42-33-31-29-27-25-23-20-17-14-11-8-5-2/h8,11,17,20,25,27-28,30-31,33,45,47,73H,4-7,9-10,12-16,18-19,21-24,26,29,32,34-44,46,48-72H2,1-3H3/b11-8-,20-17-,27-25-,30-28-,33-31-,47-45-. The number of hydrogen-bond acceptors (Lipinski definition) is 6. The molecule has 0 aliphatic heterocycles. The van der Waals surface area contributed by atoms with Crippen LogP contribution in [-0.2, 0) is 28.6 Å². The number of hydrogen-bond donors (Lipinski definition) is 0. The molecule has 0 aliphatic carbocycles. The maximum Gasteiger partial charge on any atom is 0.306 e. The van der Waals surface area contributed by atoms with Gasteiger partial charge in [-0.15, -0.1) is 0 Å². The first kappa shape index (κ1) is 78.8. The molecule has 0 rings (SSSR count). The second-order valence-electron chi connectivity index (χ2n) is 24.1. The van der Waals surface area contributed by atoms with Crippen LogP contribution >= 0.6 is 0 Å². The highest BCUT2D eigenvalue weighted by atomic mass is 16.6. The van der Waals surface area contributed by atoms with E-state index in [-0.39, 0.29) is 31.1 Å². The summed E-state index contributed by atoms with van der Waals surface area (Å²) in [5, 5.41) is 0. The topological polar surface area (TPSA) is 78.9 Å². The molecule has 0 heterocycles. The molecular formula is C76H136O6. The van der Waals surface area contributed by atoms with Crippen LogP contribution in [0.2, 0.25) is 0 Å². The van der Waals surface area contributed by atoms with Gasteiger partial charge >= 0.3 is 17.9 Å². The number of unbranched alkanes of at least 4 members (excludes halogenated alkanes) is 43. The molecule has 1 unspecified atom stereocenters. The van der Waals surface area contributed by atoms with Crippen LogP contribution in [-0.4, -0.2) is 37.2 Å². The van der Waals surface area contributed by atoms with Gasteiger partial charge < -0.3 is 14.2 Å². The molecule has 0 amide bonds. The third kappa shape index (κ3) is 67.6. The Morgan fingerprint density at radius 3 is 0.756 bits per heavy atom. The molecule has 0 aliphatic rings. The summed E-state index contributed by atoms with van der Waals surface area (Å²) in [6, 6.07) is 0. The number of ether oxygens (including phenoxy) is 3. The molecule has 0 bridgehead atoms. The molecule has 1 atom stereocenters. The molecule has 476 valence electrons. The van der Waals surface area contributed by atoms with E-state index in [0.717, 1.165) is 96.3 Å². The van der Waals surface area contributed by atoms with E-state index in [1.54, 1.807) is 0 Å². The Morgan fingerprint density at radius 1 is 0.256 bits per heavy atom. The minimum Gasteiger partial charge on any atom is -0.462 e. The maximum absolute atomic E-state index is 12.9. The van der Waals surface area contributed by atoms with Crippen LogP contribution < -0.4 is 0 Å². The summed E-state index contributed by atoms with van der Waals surface area (Å²) in [5.74, 6) is -0.868. The van der Waals surface area contributed by atoms with Gasteiger partial charge in [0.25, 0.3) is 0 Å². The zero-order valence-electron chi connectivity index (χ0n) is 54.8. The fourth-order valence-electron chi connectivity index (χ4n) is 10.6. The molecule has 0 saturated heterocycles. The van der Waals surface area contributed by atoms with Gasteiger partial charge in [0, 0.05) is 19.3 Å². The molecule has 0 aromatic carbocycles. The first-order valence-corrected chi connectivity index (χ1v) is 35.9. The van der Waals surface area contributed by atoms with Crippen molar-refractivity contribution in [3.63, 3.8) is 0 Å². The summed E-state index contributed by atoms with van der Waals surface area (Å²) < 4.78 is 16.9. The predicted molar refractivity (Wildman–Crippen MR) is 358 cm³/mol. The summed E-state index contributed by atoms with van der Waals surface area (Å²) in [6.45, 7) is 6.56. The van der Waals surface area contributed by atoms with Gasteiger partial charge in [-0.05, 0) is 89.9 Å². The SMILES string of the molecule is CC/C=C\C/C=C\C/C=C\C/C=C\C/C=C\CCCCCCCCCC(=O)OC(COC(=O)CCCCCCCCCCCC)COC(=O)CCCCCCCCCCCCCCCCCCCCC/C=C\CCCCCCCCCC. The smallest absolute Gasteiger partial charge is 0.306 e. The van der Waals surface area contributed by atoms with Crippen LogP contribution in [0.25, 0.3) is 0 Å². The molecule has 82 heavy (non-hydrogen) atoms. The molecule has 0 fully saturated rings. The van der Waals surface area contributed by atoms with Crippen LogP contribution in [0.15, 0.2) is 72.9 Å². The van der Waals surface area contributed by atoms with Gasteiger partial charge in [0.15, 0.2) is 6.10 Å². The van der Waals surface area contributed by atoms with Crippen molar-refractivity contribution in [1.82, 2.24) is 0 Å². The predicted octanol–water partition coefficient (Wildman–Crippen LogP) is 24.8. The third-order valence-electron chi connectivity index (χ3n) is 15.9. The van der Waals surface area contributed by atoms with Crippen LogP contribution in [0.5, 0.6) is 0 Å². The van der Waals surface area contributed by atoms with Crippen LogP contribution in [0.3, 0.4) is 0 Å². The second-order valence-corrected chi connectivity index (χ2v) is 24.1. The van der Waals surface area contributed by atoms with E-state index in [2.05, 4.69) is 93.7 Å². The third-order valence-corrected chi connectivity index (χ3v) is 15.9. The lowest BCUT2D eigenvalue weighted by molar-refractivity contribution is -0.167. The molecule has 0 aromatic heterocycles. The summed E-state index contributed by atoms with van der Waals surface area (Å²) in [6.07, 6.45) is 92.4. The van der Waals surface area contributed by atoms with Gasteiger partial charge in [0.05, 0.1) is 0 Å². The molecule has 0 spiro atoms. The van der Waals surface area contributed by atoms with Gasteiger partial charge in [-0.1, -0.05) is 338 Å². The van der Waals surface area contributed by atoms with E-state index in [1.807, 2.05) is 0 Å². The van der Waals surface area contributed by atoms with Gasteiger partial charge in [0.1, 0.15) is 13.2 Å². The van der Waals surface area contributed by atoms with Crippen LogP contribution in [0.1, 0.15) is 374 Å². The molecule has 6 heteroatoms. The monoisotopic (exact) mass is 1150 g/mol. The van der Waals surface area contributed by atoms with E-state index < -0.39 is 6.10 Å². The van der Waals surface area contributed by atoms with E-state index in [1.165, 1.54) is 238 Å². The Morgan fingerprint density at radius 2 is 0.476 bits per heavy atom. The molecule has 0 saturated carbocycles. The Balaban J connectivity index is 4.14. The molecule has 0 radical (unpaired) electrons. The van der Waals surface area contributed by atoms with Crippen molar-refractivity contribution in [3.05, 3.63) is 72.9 Å². The highest BCUT2D eigenvalue weighted by Crippen LogP contribution is 2.18. The normalized spacial score (nSPS) is 12.5. The average Bonchev–Trinajstić information content (AvgIpc) is 3.47. The summed E-state index contributed by atoms with van der Waals surface area (Å²) in [5.41, 5.74) is 0. The number of carbonyl (C=O) groups is 3. The van der Waals surface area contributed by atoms with Gasteiger partial charge in [-0.25, -0.2) is 0 Å². The number of allylic oxidation sites excluding steroid dienone is 12. The molecular weight excluding hydrogens is 1010 g/mol. The Bertz CT molecular complexity index is 1500. The molecule has 6 nitrogen and oxygen atoms in total. The minimum absolute atomic E-state index is 0.0756. The quantitative estimate of drug-likeness (QED) is 0.0261. The minimum atomic E-state index is -0.780. The summed E-state index contributed by atoms with van der Waals surface area (Å²) >= 11 is 0. The highest BCUT2D eigenvalue weighted by molar-refractivity contribution is 5.71. The summed E-state index contributed by atoms with van der Waals surface area (Å²) in [4.78, 5) is 38.3. The van der Waals surface area contributed by atoms with Crippen LogP contribution in [0.4, 0.5) is 0 Å². The van der Waals surface area contributed by atoms with Gasteiger partial charge in [0.2, 0.25) is 0 Å². The van der Waals surface area contributed by atoms with E-state index in [0.29, 0.717) is 19.3 Å². The zero-order valence-corrected chi connectivity index (χ0v) is 54.8. The first-order valence-electron chi connectivity index (χ1n) is 35.9. The Labute approximate surface area is 510 Å². The zero-order chi connectivity index (χ0) is 59.2. The number of esters is 3. The lowest BCUT2D eigenvalue weighted by Crippen LogP contribution is -2.30. The molecule has 0 aromatic rings. The Hall–Kier alpha value is -3.15. The largest absolute Gasteiger partial charge is 0.462 e. The lowest BCUT2D eigenvalue weighted by atomic mass is 10.0. The van der Waals surface area contributed by atoms with Crippen molar-refractivity contribution in [2.45, 2.75) is 380 Å². The fourth-order valence-corrected chi connectivity index (χ4v) is 10.6. The number of rotatable bonds is 66. The van der Waals surface area contributed by atoms with Crippen molar-refractivity contribution in [2.24, 2.45) is 0 Å². The van der Waals surface area contributed by atoms with Crippen molar-refractivity contribution < 1.29 is 28.6 Å². The van der Waals surface area contributed by atoms with Crippen molar-refractivity contribution in [3.8, 4) is 0 Å². The first-order chi connectivity index (χ1) is 40.5. The lowest BCUT2D eigenvalue weighted by Gasteiger charge is -2.18. The van der Waals surface area contributed by atoms with Crippen molar-refractivity contribution >= 4 is 17.9 Å². The van der Waals surface area contributed by atoms with E-state index in [9.17, 15) is 14.4 Å². The van der Waals surface area contributed by atoms with Gasteiger partial charge in [-0.3, -0.25) is 14.4 Å². The second kappa shape index (κ2) is 70.3. The highest BCUT2D eigenvalue weighted by Gasteiger charge is 2.19. The fraction of sp³-hybridized carbons (Fsp3) is 0.803.